The third kappa shape index (κ3) is 2.13. The number of benzene rings is 1. The Hall–Kier alpha value is -2.37. The molecule has 6 heteroatoms. The van der Waals surface area contributed by atoms with E-state index in [9.17, 15) is 17.6 Å². The number of rotatable bonds is 1. The maximum absolute atomic E-state index is 13.2. The number of hydrogen-bond acceptors (Lipinski definition) is 1. The quantitative estimate of drug-likeness (QED) is 0.612. The van der Waals surface area contributed by atoms with E-state index in [1.807, 2.05) is 0 Å². The van der Waals surface area contributed by atoms with Gasteiger partial charge >= 0.3 is 6.18 Å². The van der Waals surface area contributed by atoms with E-state index >= 15 is 0 Å². The molecule has 0 N–H and O–H groups in total. The zero-order chi connectivity index (χ0) is 14.3. The minimum absolute atomic E-state index is 0.224. The van der Waals surface area contributed by atoms with Crippen LogP contribution in [0.25, 0.3) is 16.9 Å². The van der Waals surface area contributed by atoms with Crippen LogP contribution in [-0.4, -0.2) is 9.38 Å². The summed E-state index contributed by atoms with van der Waals surface area (Å²) in [6, 6.07) is 8.16. The largest absolute Gasteiger partial charge is 0.419 e. The molecule has 0 atom stereocenters. The van der Waals surface area contributed by atoms with E-state index in [-0.39, 0.29) is 5.56 Å². The van der Waals surface area contributed by atoms with Crippen molar-refractivity contribution in [3.05, 3.63) is 60.2 Å². The topological polar surface area (TPSA) is 17.3 Å². The van der Waals surface area contributed by atoms with Crippen LogP contribution in [0.5, 0.6) is 0 Å². The zero-order valence-corrected chi connectivity index (χ0v) is 10.0. The summed E-state index contributed by atoms with van der Waals surface area (Å²) in [4.78, 5) is 4.21. The van der Waals surface area contributed by atoms with Gasteiger partial charge in [-0.25, -0.2) is 9.37 Å². The van der Waals surface area contributed by atoms with Crippen molar-refractivity contribution >= 4 is 5.65 Å². The third-order valence-corrected chi connectivity index (χ3v) is 2.93. The molecule has 0 saturated carbocycles. The molecule has 0 aliphatic rings. The molecule has 0 radical (unpaired) electrons. The van der Waals surface area contributed by atoms with Gasteiger partial charge < -0.3 is 4.40 Å². The molecule has 3 aromatic rings. The highest BCUT2D eigenvalue weighted by Gasteiger charge is 2.34. The van der Waals surface area contributed by atoms with Crippen LogP contribution in [0.15, 0.2) is 48.8 Å². The van der Waals surface area contributed by atoms with E-state index in [2.05, 4.69) is 4.98 Å². The fraction of sp³-hybridized carbons (Fsp3) is 0.0714. The van der Waals surface area contributed by atoms with Crippen LogP contribution in [0.3, 0.4) is 0 Å². The predicted octanol–water partition coefficient (Wildman–Crippen LogP) is 4.16. The molecule has 0 spiro atoms. The Balaban J connectivity index is 2.14. The van der Waals surface area contributed by atoms with Crippen LogP contribution in [0.2, 0.25) is 0 Å². The number of halogens is 4. The zero-order valence-electron chi connectivity index (χ0n) is 10.0. The van der Waals surface area contributed by atoms with Crippen molar-refractivity contribution in [1.82, 2.24) is 9.38 Å². The number of hydrogen-bond donors (Lipinski definition) is 0. The molecule has 3 rings (SSSR count). The summed E-state index contributed by atoms with van der Waals surface area (Å²) in [7, 11) is 0. The van der Waals surface area contributed by atoms with Gasteiger partial charge in [-0.3, -0.25) is 0 Å². The minimum Gasteiger partial charge on any atom is -0.306 e. The Morgan fingerprint density at radius 2 is 1.85 bits per heavy atom. The van der Waals surface area contributed by atoms with Crippen LogP contribution >= 0.6 is 0 Å². The molecular weight excluding hydrogens is 272 g/mol. The number of alkyl halides is 3. The monoisotopic (exact) mass is 280 g/mol. The van der Waals surface area contributed by atoms with Gasteiger partial charge in [0, 0.05) is 18.0 Å². The van der Waals surface area contributed by atoms with Crippen molar-refractivity contribution in [3.8, 4) is 11.3 Å². The van der Waals surface area contributed by atoms with Crippen molar-refractivity contribution in [1.29, 1.82) is 0 Å². The van der Waals surface area contributed by atoms with Crippen molar-refractivity contribution in [2.45, 2.75) is 6.18 Å². The van der Waals surface area contributed by atoms with E-state index < -0.39 is 17.6 Å². The normalized spacial score (nSPS) is 12.0. The Labute approximate surface area is 111 Å². The maximum Gasteiger partial charge on any atom is 0.419 e. The van der Waals surface area contributed by atoms with E-state index in [1.165, 1.54) is 6.07 Å². The minimum atomic E-state index is -4.72. The van der Waals surface area contributed by atoms with Crippen molar-refractivity contribution in [2.24, 2.45) is 0 Å². The van der Waals surface area contributed by atoms with Gasteiger partial charge in [-0.15, -0.1) is 0 Å². The molecule has 0 aliphatic heterocycles. The summed E-state index contributed by atoms with van der Waals surface area (Å²) in [6.07, 6.45) is -1.39. The molecule has 0 saturated heterocycles. The molecule has 0 unspecified atom stereocenters. The lowest BCUT2D eigenvalue weighted by atomic mass is 10.1. The predicted molar refractivity (Wildman–Crippen MR) is 65.6 cm³/mol. The lowest BCUT2D eigenvalue weighted by molar-refractivity contribution is -0.139. The standard InChI is InChI=1S/C14H8F4N2/c15-11-5-4-9(7-10(11)14(16,17)18)12-8-20-6-2-1-3-13(20)19-12/h1-8H. The second kappa shape index (κ2) is 4.33. The average molecular weight is 280 g/mol. The first-order chi connectivity index (χ1) is 9.45. The lowest BCUT2D eigenvalue weighted by Gasteiger charge is -2.08. The molecule has 0 amide bonds. The van der Waals surface area contributed by atoms with Crippen molar-refractivity contribution in [3.63, 3.8) is 0 Å². The van der Waals surface area contributed by atoms with Gasteiger partial charge in [0.1, 0.15) is 11.5 Å². The fourth-order valence-electron chi connectivity index (χ4n) is 1.98. The summed E-state index contributed by atoms with van der Waals surface area (Å²) in [6.45, 7) is 0. The van der Waals surface area contributed by atoms with E-state index in [4.69, 9.17) is 0 Å². The highest BCUT2D eigenvalue weighted by molar-refractivity contribution is 5.63. The van der Waals surface area contributed by atoms with Gasteiger partial charge in [0.25, 0.3) is 0 Å². The highest BCUT2D eigenvalue weighted by atomic mass is 19.4. The Bertz CT molecular complexity index is 741. The van der Waals surface area contributed by atoms with Crippen LogP contribution in [0, 0.1) is 5.82 Å². The molecule has 2 heterocycles. The summed E-state index contributed by atoms with van der Waals surface area (Å²) in [5, 5.41) is 0. The van der Waals surface area contributed by atoms with Crippen molar-refractivity contribution in [2.75, 3.05) is 0 Å². The summed E-state index contributed by atoms with van der Waals surface area (Å²) in [5.41, 5.74) is -0.0865. The van der Waals surface area contributed by atoms with Gasteiger partial charge in [0.05, 0.1) is 11.3 Å². The first kappa shape index (κ1) is 12.7. The summed E-state index contributed by atoms with van der Waals surface area (Å²) >= 11 is 0. The van der Waals surface area contributed by atoms with Gasteiger partial charge in [-0.05, 0) is 30.3 Å². The summed E-state index contributed by atoms with van der Waals surface area (Å²) < 4.78 is 53.0. The summed E-state index contributed by atoms with van der Waals surface area (Å²) in [5.74, 6) is -1.29. The lowest BCUT2D eigenvalue weighted by Crippen LogP contribution is -2.08. The van der Waals surface area contributed by atoms with Gasteiger partial charge in [-0.2, -0.15) is 13.2 Å². The molecule has 0 fully saturated rings. The molecule has 0 bridgehead atoms. The van der Waals surface area contributed by atoms with Crippen LogP contribution in [0.1, 0.15) is 5.56 Å². The number of fused-ring (bicyclic) bond motifs is 1. The van der Waals surface area contributed by atoms with E-state index in [0.717, 1.165) is 12.1 Å². The molecule has 1 aromatic carbocycles. The van der Waals surface area contributed by atoms with Gasteiger partial charge in [0.2, 0.25) is 0 Å². The first-order valence-electron chi connectivity index (χ1n) is 5.76. The number of imidazole rings is 1. The molecule has 20 heavy (non-hydrogen) atoms. The van der Waals surface area contributed by atoms with Crippen LogP contribution in [-0.2, 0) is 6.18 Å². The third-order valence-electron chi connectivity index (χ3n) is 2.93. The van der Waals surface area contributed by atoms with Crippen molar-refractivity contribution < 1.29 is 17.6 Å². The molecule has 102 valence electrons. The Morgan fingerprint density at radius 3 is 2.55 bits per heavy atom. The number of nitrogens with zero attached hydrogens (tertiary/aromatic N) is 2. The average Bonchev–Trinajstić information content (AvgIpc) is 2.81. The van der Waals surface area contributed by atoms with Gasteiger partial charge in [-0.1, -0.05) is 6.07 Å². The smallest absolute Gasteiger partial charge is 0.306 e. The fourth-order valence-corrected chi connectivity index (χ4v) is 1.98. The highest BCUT2D eigenvalue weighted by Crippen LogP contribution is 2.34. The van der Waals surface area contributed by atoms with E-state index in [1.54, 1.807) is 35.0 Å². The molecule has 0 aliphatic carbocycles. The second-order valence-corrected chi connectivity index (χ2v) is 4.28. The second-order valence-electron chi connectivity index (χ2n) is 4.28. The molecule has 2 nitrogen and oxygen atoms in total. The maximum atomic E-state index is 13.2. The molecular formula is C14H8F4N2. The van der Waals surface area contributed by atoms with Crippen LogP contribution < -0.4 is 0 Å². The first-order valence-corrected chi connectivity index (χ1v) is 5.76. The van der Waals surface area contributed by atoms with E-state index in [0.29, 0.717) is 11.3 Å². The molecule has 2 aromatic heterocycles. The Morgan fingerprint density at radius 1 is 1.05 bits per heavy atom. The number of pyridine rings is 1. The van der Waals surface area contributed by atoms with Gasteiger partial charge in [0.15, 0.2) is 0 Å². The van der Waals surface area contributed by atoms with Crippen LogP contribution in [0.4, 0.5) is 17.6 Å². The number of aromatic nitrogens is 2. The Kier molecular flexibility index (Phi) is 2.74. The SMILES string of the molecule is Fc1ccc(-c2cn3ccccc3n2)cc1C(F)(F)F.